The monoisotopic (exact) mass is 1240 g/mol. The van der Waals surface area contributed by atoms with E-state index in [1.54, 1.807) is 6.92 Å². The summed E-state index contributed by atoms with van der Waals surface area (Å²) in [5.74, 6) is 9.29. The molecule has 0 spiro atoms. The standard InChI is InChI=1S/C53H88O6.C26H44O4/c1-10-35-43-28-33(55)20-24-52(43,8)41-22-26-51(7)38(16-18-39(51)46(41)48(35)57)31(4)13-19-45(56)59-34-21-25-53(9)42-23-27-50(6)37(30(3)12-14-32(5)54)15-17-40(50)47(42)49(58)36(11-2)44(53)29-34;1-5-17-21-14-16(27)10-12-26(21,4)20-11-13-25(3)18(15(2)6-9-22(28)29)7-8-19(25)23(20)24(17)30/h30-31,33-44,46-49,55,57-58H,10-29H2,1-9H3;15-21,23-24,27,30H,5-14H2,1-4H3,(H,28,29)/t30-,31-,33-,34-,35-,36-,37-,38-,39?,40?,41?,42?,43+,44+,46?,47?,48-,49-,50-,51-,52-,53-;15-,16-,17+,18?,19?,20?,21+,23?,24+,25-,26-/m11/s1. The zero-order valence-electron chi connectivity index (χ0n) is 58.6. The smallest absolute Gasteiger partial charge is 0.306 e. The second kappa shape index (κ2) is 26.1. The molecule has 12 aliphatic carbocycles. The van der Waals surface area contributed by atoms with Crippen molar-refractivity contribution in [1.82, 2.24) is 0 Å². The number of aliphatic carboxylic acids is 1. The van der Waals surface area contributed by atoms with Crippen LogP contribution < -0.4 is 0 Å². The number of esters is 1. The minimum atomic E-state index is -0.683. The third-order valence-electron chi connectivity index (χ3n) is 33.3. The number of aliphatic hydroxyl groups is 5. The fraction of sp³-hybridized carbons (Fsp3) is 0.962. The molecule has 0 aromatic carbocycles. The van der Waals surface area contributed by atoms with Crippen LogP contribution in [0.4, 0.5) is 0 Å². The lowest BCUT2D eigenvalue weighted by atomic mass is 9.41. The molecule has 89 heavy (non-hydrogen) atoms. The molecule has 12 aliphatic rings. The average molecular weight is 1240 g/mol. The molecule has 0 aromatic heterocycles. The fourth-order valence-electron chi connectivity index (χ4n) is 28.9. The van der Waals surface area contributed by atoms with Crippen LogP contribution in [0.2, 0.25) is 0 Å². The lowest BCUT2D eigenvalue weighted by Crippen LogP contribution is -2.62. The van der Waals surface area contributed by atoms with E-state index >= 15 is 0 Å². The van der Waals surface area contributed by atoms with Crippen molar-refractivity contribution in [3.05, 3.63) is 0 Å². The van der Waals surface area contributed by atoms with Gasteiger partial charge in [0.1, 0.15) is 11.9 Å². The van der Waals surface area contributed by atoms with E-state index in [-0.39, 0.29) is 93.3 Å². The molecule has 10 unspecified atom stereocenters. The highest BCUT2D eigenvalue weighted by atomic mass is 16.5. The van der Waals surface area contributed by atoms with Crippen molar-refractivity contribution in [2.24, 2.45) is 157 Å². The Hall–Kier alpha value is -1.59. The molecule has 0 saturated heterocycles. The maximum atomic E-state index is 13.8. The Bertz CT molecular complexity index is 2480. The van der Waals surface area contributed by atoms with E-state index in [1.807, 2.05) is 0 Å². The van der Waals surface area contributed by atoms with Crippen molar-refractivity contribution in [2.75, 3.05) is 0 Å². The van der Waals surface area contributed by atoms with Gasteiger partial charge in [-0.2, -0.15) is 0 Å². The number of rotatable bonds is 16. The lowest BCUT2D eigenvalue weighted by Gasteiger charge is -2.65. The Balaban J connectivity index is 0.000000228. The van der Waals surface area contributed by atoms with Gasteiger partial charge in [0.15, 0.2) is 0 Å². The van der Waals surface area contributed by atoms with E-state index in [1.165, 1.54) is 77.0 Å². The minimum Gasteiger partial charge on any atom is -0.481 e. The Morgan fingerprint density at radius 3 is 1.07 bits per heavy atom. The van der Waals surface area contributed by atoms with Crippen LogP contribution in [0.15, 0.2) is 0 Å². The number of fused-ring (bicyclic) bond motifs is 15. The zero-order chi connectivity index (χ0) is 64.2. The lowest BCUT2D eigenvalue weighted by molar-refractivity contribution is -0.207. The zero-order valence-corrected chi connectivity index (χ0v) is 58.6. The maximum absolute atomic E-state index is 13.8. The van der Waals surface area contributed by atoms with Gasteiger partial charge in [-0.3, -0.25) is 9.59 Å². The van der Waals surface area contributed by atoms with Crippen LogP contribution in [0, 0.1) is 157 Å². The van der Waals surface area contributed by atoms with Crippen molar-refractivity contribution in [3.63, 3.8) is 0 Å². The van der Waals surface area contributed by atoms with Crippen molar-refractivity contribution >= 4 is 17.7 Å². The molecule has 0 aromatic rings. The van der Waals surface area contributed by atoms with Crippen LogP contribution in [0.3, 0.4) is 0 Å². The van der Waals surface area contributed by atoms with E-state index < -0.39 is 5.97 Å². The van der Waals surface area contributed by atoms with Crippen molar-refractivity contribution < 1.29 is 49.8 Å². The first kappa shape index (κ1) is 68.8. The van der Waals surface area contributed by atoms with Gasteiger partial charge in [-0.1, -0.05) is 102 Å². The molecule has 6 N–H and O–H groups in total. The molecular weight excluding hydrogens is 1110 g/mol. The molecule has 0 heterocycles. The molecule has 33 atom stereocenters. The number of Topliss-reactive ketones (excluding diaryl/α,β-unsaturated/α-hetero) is 1. The van der Waals surface area contributed by atoms with Gasteiger partial charge in [-0.15, -0.1) is 0 Å². The van der Waals surface area contributed by atoms with Crippen LogP contribution in [-0.2, 0) is 19.1 Å². The first-order valence-electron chi connectivity index (χ1n) is 38.4. The first-order valence-corrected chi connectivity index (χ1v) is 38.4. The normalized spacial score (nSPS) is 52.2. The third kappa shape index (κ3) is 11.6. The Morgan fingerprint density at radius 1 is 0.404 bits per heavy atom. The highest BCUT2D eigenvalue weighted by molar-refractivity contribution is 5.75. The number of ketones is 1. The number of carbonyl (C=O) groups excluding carboxylic acids is 2. The van der Waals surface area contributed by atoms with Crippen molar-refractivity contribution in [3.8, 4) is 0 Å². The number of ether oxygens (including phenoxy) is 1. The molecular formula is C79H132O10. The Morgan fingerprint density at radius 2 is 0.719 bits per heavy atom. The van der Waals surface area contributed by atoms with E-state index in [0.717, 1.165) is 96.3 Å². The van der Waals surface area contributed by atoms with Gasteiger partial charge in [-0.05, 0) is 318 Å². The molecule has 0 bridgehead atoms. The number of carbonyl (C=O) groups is 3. The highest BCUT2D eigenvalue weighted by Gasteiger charge is 2.69. The molecule has 10 nitrogen and oxygen atoms in total. The molecule has 10 heteroatoms. The minimum absolute atomic E-state index is 0.0209. The quantitative estimate of drug-likeness (QED) is 0.0814. The summed E-state index contributed by atoms with van der Waals surface area (Å²) in [4.78, 5) is 36.8. The van der Waals surface area contributed by atoms with Crippen LogP contribution in [0.1, 0.15) is 283 Å². The van der Waals surface area contributed by atoms with Crippen LogP contribution in [0.5, 0.6) is 0 Å². The second-order valence-corrected chi connectivity index (χ2v) is 36.5. The Labute approximate surface area is 541 Å². The second-order valence-electron chi connectivity index (χ2n) is 36.5. The number of hydrogen-bond acceptors (Lipinski definition) is 9. The van der Waals surface area contributed by atoms with Crippen LogP contribution >= 0.6 is 0 Å². The predicted octanol–water partition coefficient (Wildman–Crippen LogP) is 16.3. The summed E-state index contributed by atoms with van der Waals surface area (Å²) < 4.78 is 6.44. The fourth-order valence-corrected chi connectivity index (χ4v) is 28.9. The van der Waals surface area contributed by atoms with Crippen LogP contribution in [0.25, 0.3) is 0 Å². The molecule has 508 valence electrons. The van der Waals surface area contributed by atoms with Crippen molar-refractivity contribution in [1.29, 1.82) is 0 Å². The summed E-state index contributed by atoms with van der Waals surface area (Å²) in [5.41, 5.74) is 1.32. The van der Waals surface area contributed by atoms with E-state index in [0.29, 0.717) is 131 Å². The van der Waals surface area contributed by atoms with Gasteiger partial charge < -0.3 is 40.2 Å². The molecule has 0 aliphatic heterocycles. The third-order valence-corrected chi connectivity index (χ3v) is 33.3. The predicted molar refractivity (Wildman–Crippen MR) is 353 cm³/mol. The first-order chi connectivity index (χ1) is 42.1. The van der Waals surface area contributed by atoms with Gasteiger partial charge in [0.25, 0.3) is 0 Å². The number of aliphatic hydroxyl groups excluding tert-OH is 5. The Kier molecular flexibility index (Phi) is 20.2. The largest absolute Gasteiger partial charge is 0.481 e. The average Bonchev–Trinajstić information content (AvgIpc) is 1.72. The van der Waals surface area contributed by atoms with Gasteiger partial charge in [0, 0.05) is 19.3 Å². The van der Waals surface area contributed by atoms with Gasteiger partial charge in [0.2, 0.25) is 0 Å². The number of hydrogen-bond donors (Lipinski definition) is 6. The van der Waals surface area contributed by atoms with E-state index in [4.69, 9.17) is 9.84 Å². The molecule has 12 fully saturated rings. The van der Waals surface area contributed by atoms with Gasteiger partial charge >= 0.3 is 11.9 Å². The molecule has 12 saturated carbocycles. The van der Waals surface area contributed by atoms with E-state index in [2.05, 4.69) is 83.1 Å². The summed E-state index contributed by atoms with van der Waals surface area (Å²) in [5, 5.41) is 66.5. The van der Waals surface area contributed by atoms with E-state index in [9.17, 15) is 39.9 Å². The molecule has 12 rings (SSSR count). The van der Waals surface area contributed by atoms with Crippen molar-refractivity contribution in [2.45, 2.75) is 319 Å². The summed E-state index contributed by atoms with van der Waals surface area (Å²) >= 11 is 0. The number of carboxylic acid groups (broad SMARTS) is 1. The van der Waals surface area contributed by atoms with Crippen LogP contribution in [-0.4, -0.2) is 85.0 Å². The van der Waals surface area contributed by atoms with Gasteiger partial charge in [-0.25, -0.2) is 0 Å². The number of carboxylic acids is 1. The summed E-state index contributed by atoms with van der Waals surface area (Å²) in [6, 6.07) is 0. The molecule has 0 amide bonds. The molecule has 0 radical (unpaired) electrons. The van der Waals surface area contributed by atoms with Gasteiger partial charge in [0.05, 0.1) is 30.5 Å². The summed E-state index contributed by atoms with van der Waals surface area (Å²) in [6.45, 7) is 30.7. The SMILES string of the molecule is CC[C@@H]1[C@H](O)C2C3CCC([C@H](C)CCC(=O)O)[C@@]3(C)CCC2[C@@]2(C)CC[C@@H](O)C[C@@H]12.CC[C@H]1[C@@H](O)C2C3CC[C@H]([C@H](C)CCC(=O)O[C@@H]4CC[C@]5(C)C6CC[C@@]7(C)C(CC[C@@H]7[C@H](C)CCC(C)=O)C6[C@H](O)[C@H](CC)[C@@H]5C4)[C@@]3(C)CCC2[C@@]2(C)CC[C@@H](O)C[C@@H]12. The summed E-state index contributed by atoms with van der Waals surface area (Å²) in [7, 11) is 0. The highest BCUT2D eigenvalue weighted by Crippen LogP contribution is 2.73. The topological polar surface area (TPSA) is 182 Å². The summed E-state index contributed by atoms with van der Waals surface area (Å²) in [6.07, 6.45) is 29.0. The maximum Gasteiger partial charge on any atom is 0.306 e.